The van der Waals surface area contributed by atoms with Gasteiger partial charge in [-0.05, 0) is 24.5 Å². The maximum atomic E-state index is 13.3. The third-order valence-electron chi connectivity index (χ3n) is 5.48. The fourth-order valence-corrected chi connectivity index (χ4v) is 4.13. The molecule has 0 radical (unpaired) electrons. The minimum absolute atomic E-state index is 0.251. The van der Waals surface area contributed by atoms with Gasteiger partial charge < -0.3 is 19.5 Å². The topological polar surface area (TPSA) is 165 Å². The van der Waals surface area contributed by atoms with Gasteiger partial charge in [0.15, 0.2) is 0 Å². The first-order chi connectivity index (χ1) is 17.7. The SMILES string of the molecule is COCCNc1cc(NC(=O)N2CCCc3cc(COS(C)(=O)=O)c(C(OC)OC)nc32)ncc1C#N. The number of nitrogens with zero attached hydrogens (tertiary/aromatic N) is 4. The Morgan fingerprint density at radius 1 is 1.27 bits per heavy atom. The molecule has 0 atom stereocenters. The first kappa shape index (κ1) is 28.2. The Labute approximate surface area is 215 Å². The van der Waals surface area contributed by atoms with Crippen LogP contribution in [0, 0.1) is 11.3 Å². The van der Waals surface area contributed by atoms with Crippen molar-refractivity contribution in [1.29, 1.82) is 5.26 Å². The molecular formula is C23H30N6O7S. The van der Waals surface area contributed by atoms with Gasteiger partial charge in [-0.15, -0.1) is 0 Å². The number of aromatic nitrogens is 2. The molecule has 2 N–H and O–H groups in total. The highest BCUT2D eigenvalue weighted by Gasteiger charge is 2.29. The van der Waals surface area contributed by atoms with Gasteiger partial charge in [-0.1, -0.05) is 0 Å². The van der Waals surface area contributed by atoms with Crippen molar-refractivity contribution in [2.45, 2.75) is 25.7 Å². The molecule has 0 saturated carbocycles. The molecule has 14 heteroatoms. The number of methoxy groups -OCH3 is 3. The number of pyridine rings is 2. The Kier molecular flexibility index (Phi) is 9.73. The molecule has 3 rings (SSSR count). The third kappa shape index (κ3) is 7.34. The van der Waals surface area contributed by atoms with E-state index in [1.807, 2.05) is 0 Å². The van der Waals surface area contributed by atoms with E-state index in [0.29, 0.717) is 60.9 Å². The lowest BCUT2D eigenvalue weighted by molar-refractivity contribution is -0.109. The first-order valence-electron chi connectivity index (χ1n) is 11.3. The molecule has 0 saturated heterocycles. The van der Waals surface area contributed by atoms with Crippen molar-refractivity contribution < 1.29 is 31.6 Å². The fraction of sp³-hybridized carbons (Fsp3) is 0.478. The van der Waals surface area contributed by atoms with Gasteiger partial charge in [0.05, 0.1) is 30.7 Å². The summed E-state index contributed by atoms with van der Waals surface area (Å²) in [5, 5.41) is 15.2. The molecule has 0 spiro atoms. The molecule has 0 unspecified atom stereocenters. The lowest BCUT2D eigenvalue weighted by atomic mass is 10.0. The summed E-state index contributed by atoms with van der Waals surface area (Å²) >= 11 is 0. The number of nitriles is 1. The predicted octanol–water partition coefficient (Wildman–Crippen LogP) is 2.16. The van der Waals surface area contributed by atoms with Crippen molar-refractivity contribution in [1.82, 2.24) is 9.97 Å². The van der Waals surface area contributed by atoms with Crippen molar-refractivity contribution in [3.63, 3.8) is 0 Å². The number of carbonyl (C=O) groups is 1. The van der Waals surface area contributed by atoms with Crippen molar-refractivity contribution in [3.8, 4) is 6.07 Å². The lowest BCUT2D eigenvalue weighted by Crippen LogP contribution is -2.40. The number of nitrogens with one attached hydrogen (secondary N) is 2. The molecule has 2 aromatic heterocycles. The number of ether oxygens (including phenoxy) is 3. The monoisotopic (exact) mass is 534 g/mol. The Morgan fingerprint density at radius 3 is 2.68 bits per heavy atom. The van der Waals surface area contributed by atoms with Crippen molar-refractivity contribution in [2.75, 3.05) is 62.8 Å². The van der Waals surface area contributed by atoms with Crippen LogP contribution in [0.2, 0.25) is 0 Å². The average Bonchev–Trinajstić information content (AvgIpc) is 2.87. The normalized spacial score (nSPS) is 13.2. The number of aryl methyl sites for hydroxylation is 1. The zero-order chi connectivity index (χ0) is 27.0. The van der Waals surface area contributed by atoms with Gasteiger partial charge >= 0.3 is 6.03 Å². The number of rotatable bonds is 11. The van der Waals surface area contributed by atoms with E-state index in [9.17, 15) is 18.5 Å². The lowest BCUT2D eigenvalue weighted by Gasteiger charge is -2.30. The number of carbonyl (C=O) groups excluding carboxylic acids is 1. The molecule has 0 fully saturated rings. The van der Waals surface area contributed by atoms with Crippen LogP contribution in [-0.4, -0.2) is 71.7 Å². The van der Waals surface area contributed by atoms with E-state index in [2.05, 4.69) is 26.7 Å². The highest BCUT2D eigenvalue weighted by atomic mass is 32.2. The summed E-state index contributed by atoms with van der Waals surface area (Å²) in [6.07, 6.45) is 2.73. The highest BCUT2D eigenvalue weighted by molar-refractivity contribution is 7.85. The molecule has 1 aliphatic heterocycles. The van der Waals surface area contributed by atoms with Crippen LogP contribution >= 0.6 is 0 Å². The molecule has 1 aliphatic rings. The standard InChI is InChI=1S/C23H30N6O7S/c1-33-9-7-25-18-11-19(26-13-17(18)12-24)27-23(30)29-8-5-6-15-10-16(14-36-37(4,31)32)20(28-21(15)29)22(34-2)35-3/h10-11,13,22H,5-9,14H2,1-4H3,(H2,25,26,27,30). The van der Waals surface area contributed by atoms with Gasteiger partial charge in [-0.25, -0.2) is 14.8 Å². The number of fused-ring (bicyclic) bond motifs is 1. The second-order valence-electron chi connectivity index (χ2n) is 8.12. The molecule has 0 bridgehead atoms. The Balaban J connectivity index is 1.91. The largest absolute Gasteiger partial charge is 0.383 e. The van der Waals surface area contributed by atoms with Gasteiger partial charge in [0.25, 0.3) is 10.1 Å². The van der Waals surface area contributed by atoms with Gasteiger partial charge in [0, 0.05) is 52.2 Å². The zero-order valence-electron chi connectivity index (χ0n) is 21.1. The zero-order valence-corrected chi connectivity index (χ0v) is 21.9. The summed E-state index contributed by atoms with van der Waals surface area (Å²) in [6, 6.07) is 4.93. The molecule has 3 heterocycles. The number of anilines is 3. The Hall–Kier alpha value is -3.35. The average molecular weight is 535 g/mol. The van der Waals surface area contributed by atoms with Gasteiger partial charge in [-0.2, -0.15) is 13.7 Å². The Morgan fingerprint density at radius 2 is 2.03 bits per heavy atom. The minimum atomic E-state index is -3.70. The van der Waals surface area contributed by atoms with Crippen LogP contribution in [-0.2, 0) is 41.5 Å². The number of urea groups is 1. The van der Waals surface area contributed by atoms with Crippen LogP contribution in [0.1, 0.15) is 35.1 Å². The minimum Gasteiger partial charge on any atom is -0.383 e. The van der Waals surface area contributed by atoms with Crippen molar-refractivity contribution in [2.24, 2.45) is 0 Å². The summed E-state index contributed by atoms with van der Waals surface area (Å²) in [6.45, 7) is 1.05. The first-order valence-corrected chi connectivity index (χ1v) is 13.2. The second-order valence-corrected chi connectivity index (χ2v) is 9.76. The summed E-state index contributed by atoms with van der Waals surface area (Å²) in [5.41, 5.74) is 2.37. The maximum Gasteiger partial charge on any atom is 0.328 e. The summed E-state index contributed by atoms with van der Waals surface area (Å²) in [7, 11) is 0.729. The molecule has 0 aromatic carbocycles. The quantitative estimate of drug-likeness (QED) is 0.246. The van der Waals surface area contributed by atoms with Gasteiger partial charge in [-0.3, -0.25) is 14.4 Å². The van der Waals surface area contributed by atoms with E-state index in [1.165, 1.54) is 25.3 Å². The van der Waals surface area contributed by atoms with E-state index in [1.54, 1.807) is 19.2 Å². The smallest absolute Gasteiger partial charge is 0.328 e. The third-order valence-corrected chi connectivity index (χ3v) is 6.03. The molecule has 37 heavy (non-hydrogen) atoms. The molecule has 2 amide bonds. The van der Waals surface area contributed by atoms with E-state index in [4.69, 9.17) is 18.4 Å². The summed E-state index contributed by atoms with van der Waals surface area (Å²) in [4.78, 5) is 23.6. The van der Waals surface area contributed by atoms with E-state index in [-0.39, 0.29) is 12.4 Å². The molecular weight excluding hydrogens is 504 g/mol. The molecule has 0 aliphatic carbocycles. The van der Waals surface area contributed by atoms with Crippen molar-refractivity contribution in [3.05, 3.63) is 40.7 Å². The van der Waals surface area contributed by atoms with Crippen LogP contribution < -0.4 is 15.5 Å². The fourth-order valence-electron chi connectivity index (χ4n) is 3.79. The maximum absolute atomic E-state index is 13.3. The van der Waals surface area contributed by atoms with E-state index in [0.717, 1.165) is 11.8 Å². The van der Waals surface area contributed by atoms with Crippen LogP contribution in [0.15, 0.2) is 18.3 Å². The van der Waals surface area contributed by atoms with Crippen LogP contribution in [0.4, 0.5) is 22.1 Å². The predicted molar refractivity (Wildman–Crippen MR) is 135 cm³/mol. The van der Waals surface area contributed by atoms with Gasteiger partial charge in [0.2, 0.25) is 6.29 Å². The van der Waals surface area contributed by atoms with Crippen LogP contribution in [0.25, 0.3) is 0 Å². The highest BCUT2D eigenvalue weighted by Crippen LogP contribution is 2.32. The molecule has 2 aromatic rings. The molecule has 13 nitrogen and oxygen atoms in total. The summed E-state index contributed by atoms with van der Waals surface area (Å²) in [5.74, 6) is 0.647. The van der Waals surface area contributed by atoms with Gasteiger partial charge in [0.1, 0.15) is 23.4 Å². The number of hydrogen-bond donors (Lipinski definition) is 2. The molecule has 200 valence electrons. The summed E-state index contributed by atoms with van der Waals surface area (Å²) < 4.78 is 43.9. The van der Waals surface area contributed by atoms with Crippen molar-refractivity contribution >= 4 is 33.5 Å². The Bertz CT molecular complexity index is 1260. The second kappa shape index (κ2) is 12.7. The van der Waals surface area contributed by atoms with E-state index >= 15 is 0 Å². The number of amides is 2. The van der Waals surface area contributed by atoms with Crippen LogP contribution in [0.5, 0.6) is 0 Å². The number of hydrogen-bond acceptors (Lipinski definition) is 11. The van der Waals surface area contributed by atoms with E-state index < -0.39 is 22.4 Å². The van der Waals surface area contributed by atoms with Crippen LogP contribution in [0.3, 0.4) is 0 Å².